The molecule has 21 heavy (non-hydrogen) atoms. The van der Waals surface area contributed by atoms with Crippen LogP contribution in [-0.2, 0) is 6.54 Å². The first-order valence-corrected chi connectivity index (χ1v) is 6.94. The summed E-state index contributed by atoms with van der Waals surface area (Å²) in [6.07, 6.45) is 0. The van der Waals surface area contributed by atoms with Crippen LogP contribution < -0.4 is 10.5 Å². The first kappa shape index (κ1) is 15.0. The Labute approximate surface area is 125 Å². The lowest BCUT2D eigenvalue weighted by Gasteiger charge is -2.23. The number of hydrogen-bond donors (Lipinski definition) is 1. The van der Waals surface area contributed by atoms with Crippen LogP contribution in [0.15, 0.2) is 30.3 Å². The zero-order valence-corrected chi connectivity index (χ0v) is 13.0. The van der Waals surface area contributed by atoms with E-state index in [0.29, 0.717) is 23.8 Å². The molecule has 110 valence electrons. The molecule has 2 aromatic rings. The van der Waals surface area contributed by atoms with E-state index >= 15 is 0 Å². The molecule has 0 aliphatic rings. The molecule has 0 bridgehead atoms. The lowest BCUT2D eigenvalue weighted by molar-refractivity contribution is 0.119. The van der Waals surface area contributed by atoms with Crippen LogP contribution in [0.25, 0.3) is 0 Å². The van der Waals surface area contributed by atoms with Gasteiger partial charge >= 0.3 is 0 Å². The summed E-state index contributed by atoms with van der Waals surface area (Å²) < 4.78 is 7.76. The molecule has 0 radical (unpaired) electrons. The minimum absolute atomic E-state index is 0.371. The van der Waals surface area contributed by atoms with Crippen LogP contribution in [0, 0.1) is 18.3 Å². The molecule has 0 saturated heterocycles. The van der Waals surface area contributed by atoms with Gasteiger partial charge in [0.25, 0.3) is 0 Å². The minimum atomic E-state index is -0.371. The fraction of sp³-hybridized carbons (Fsp3) is 0.353. The van der Waals surface area contributed by atoms with Crippen LogP contribution >= 0.6 is 0 Å². The summed E-state index contributed by atoms with van der Waals surface area (Å²) in [7, 11) is 0. The molecule has 1 heterocycles. The smallest absolute Gasteiger partial charge is 0.219 e. The summed E-state index contributed by atoms with van der Waals surface area (Å²) in [4.78, 5) is 0. The number of nitriles is 1. The quantitative estimate of drug-likeness (QED) is 0.938. The van der Waals surface area contributed by atoms with Crippen molar-refractivity contribution in [1.82, 2.24) is 4.57 Å². The maximum atomic E-state index is 9.31. The van der Waals surface area contributed by atoms with Crippen molar-refractivity contribution in [3.05, 3.63) is 47.2 Å². The molecule has 0 unspecified atom stereocenters. The van der Waals surface area contributed by atoms with E-state index in [-0.39, 0.29) is 5.60 Å². The number of aromatic nitrogens is 1. The molecule has 4 heteroatoms. The van der Waals surface area contributed by atoms with Crippen molar-refractivity contribution in [3.63, 3.8) is 0 Å². The second-order valence-corrected chi connectivity index (χ2v) is 6.19. The molecule has 1 aromatic heterocycles. The summed E-state index contributed by atoms with van der Waals surface area (Å²) in [6.45, 7) is 8.49. The third kappa shape index (κ3) is 3.57. The van der Waals surface area contributed by atoms with Crippen LogP contribution in [0.5, 0.6) is 5.88 Å². The Balaban J connectivity index is 2.44. The summed E-state index contributed by atoms with van der Waals surface area (Å²) in [6, 6.07) is 12.0. The monoisotopic (exact) mass is 283 g/mol. The highest BCUT2D eigenvalue weighted by Crippen LogP contribution is 2.30. The topological polar surface area (TPSA) is 64.0 Å². The predicted molar refractivity (Wildman–Crippen MR) is 84.2 cm³/mol. The Morgan fingerprint density at radius 3 is 2.57 bits per heavy atom. The highest BCUT2D eigenvalue weighted by Gasteiger charge is 2.20. The first-order valence-electron chi connectivity index (χ1n) is 6.94. The van der Waals surface area contributed by atoms with Crippen molar-refractivity contribution >= 4 is 5.69 Å². The number of aryl methyl sites for hydroxylation is 1. The van der Waals surface area contributed by atoms with E-state index < -0.39 is 0 Å². The maximum absolute atomic E-state index is 9.31. The van der Waals surface area contributed by atoms with Gasteiger partial charge in [0.2, 0.25) is 5.88 Å². The van der Waals surface area contributed by atoms with E-state index in [9.17, 15) is 5.26 Å². The average Bonchev–Trinajstić information content (AvgIpc) is 2.65. The first-order chi connectivity index (χ1) is 9.80. The number of nitrogens with two attached hydrogens (primary N) is 1. The van der Waals surface area contributed by atoms with Crippen LogP contribution in [0.2, 0.25) is 0 Å². The number of hydrogen-bond acceptors (Lipinski definition) is 3. The molecule has 1 aromatic carbocycles. The molecular formula is C17H21N3O. The van der Waals surface area contributed by atoms with Gasteiger partial charge in [-0.25, -0.2) is 0 Å². The maximum Gasteiger partial charge on any atom is 0.219 e. The minimum Gasteiger partial charge on any atom is -0.472 e. The Kier molecular flexibility index (Phi) is 3.95. The van der Waals surface area contributed by atoms with Gasteiger partial charge in [-0.2, -0.15) is 5.26 Å². The number of nitrogen functional groups attached to an aromatic ring is 1. The molecule has 0 aliphatic carbocycles. The summed E-state index contributed by atoms with van der Waals surface area (Å²) in [5.41, 5.74) is 8.94. The molecule has 0 aliphatic heterocycles. The fourth-order valence-corrected chi connectivity index (χ4v) is 2.20. The van der Waals surface area contributed by atoms with Gasteiger partial charge in [0.1, 0.15) is 17.4 Å². The molecular weight excluding hydrogens is 262 g/mol. The van der Waals surface area contributed by atoms with Crippen molar-refractivity contribution in [2.75, 3.05) is 5.73 Å². The van der Waals surface area contributed by atoms with E-state index in [4.69, 9.17) is 10.5 Å². The number of nitrogens with zero attached hydrogens (tertiary/aromatic N) is 2. The van der Waals surface area contributed by atoms with Gasteiger partial charge in [-0.1, -0.05) is 29.8 Å². The average molecular weight is 283 g/mol. The fourth-order valence-electron chi connectivity index (χ4n) is 2.20. The normalized spacial score (nSPS) is 11.2. The summed E-state index contributed by atoms with van der Waals surface area (Å²) >= 11 is 0. The SMILES string of the molecule is Cc1cccc(Cn2c(C#N)cc(N)c2OC(C)(C)C)c1. The lowest BCUT2D eigenvalue weighted by Crippen LogP contribution is -2.25. The Morgan fingerprint density at radius 1 is 1.29 bits per heavy atom. The van der Waals surface area contributed by atoms with Crippen molar-refractivity contribution in [2.45, 2.75) is 39.8 Å². The van der Waals surface area contributed by atoms with E-state index in [1.165, 1.54) is 5.56 Å². The van der Waals surface area contributed by atoms with Gasteiger partial charge in [0.05, 0.1) is 12.2 Å². The number of benzene rings is 1. The third-order valence-corrected chi connectivity index (χ3v) is 3.02. The van der Waals surface area contributed by atoms with Gasteiger partial charge in [-0.3, -0.25) is 4.57 Å². The second kappa shape index (κ2) is 5.53. The molecule has 0 atom stereocenters. The molecule has 2 rings (SSSR count). The Hall–Kier alpha value is -2.41. The standard InChI is InChI=1S/C17H21N3O/c1-12-6-5-7-13(8-12)11-20-14(10-18)9-15(19)16(20)21-17(2,3)4/h5-9H,11,19H2,1-4H3. The van der Waals surface area contributed by atoms with E-state index in [1.807, 2.05) is 50.5 Å². The molecule has 4 nitrogen and oxygen atoms in total. The van der Waals surface area contributed by atoms with Gasteiger partial charge < -0.3 is 10.5 Å². The zero-order chi connectivity index (χ0) is 15.6. The molecule has 0 saturated carbocycles. The van der Waals surface area contributed by atoms with E-state index in [0.717, 1.165) is 5.56 Å². The van der Waals surface area contributed by atoms with Crippen molar-refractivity contribution < 1.29 is 4.74 Å². The number of anilines is 1. The number of rotatable bonds is 3. The van der Waals surface area contributed by atoms with E-state index in [1.54, 1.807) is 6.07 Å². The Bertz CT molecular complexity index is 687. The largest absolute Gasteiger partial charge is 0.472 e. The lowest BCUT2D eigenvalue weighted by atomic mass is 10.1. The van der Waals surface area contributed by atoms with E-state index in [2.05, 4.69) is 12.1 Å². The highest BCUT2D eigenvalue weighted by molar-refractivity contribution is 5.55. The van der Waals surface area contributed by atoms with Crippen molar-refractivity contribution in [1.29, 1.82) is 5.26 Å². The molecule has 0 spiro atoms. The van der Waals surface area contributed by atoms with Gasteiger partial charge in [-0.15, -0.1) is 0 Å². The molecule has 0 fully saturated rings. The van der Waals surface area contributed by atoms with Gasteiger partial charge in [-0.05, 0) is 33.3 Å². The van der Waals surface area contributed by atoms with Gasteiger partial charge in [0.15, 0.2) is 0 Å². The third-order valence-electron chi connectivity index (χ3n) is 3.02. The summed E-state index contributed by atoms with van der Waals surface area (Å²) in [5, 5.41) is 9.31. The van der Waals surface area contributed by atoms with Crippen LogP contribution in [0.1, 0.15) is 37.6 Å². The van der Waals surface area contributed by atoms with Gasteiger partial charge in [0, 0.05) is 6.07 Å². The van der Waals surface area contributed by atoms with Crippen molar-refractivity contribution in [3.8, 4) is 11.9 Å². The molecule has 2 N–H and O–H groups in total. The highest BCUT2D eigenvalue weighted by atomic mass is 16.5. The zero-order valence-electron chi connectivity index (χ0n) is 13.0. The van der Waals surface area contributed by atoms with Crippen LogP contribution in [0.4, 0.5) is 5.69 Å². The molecule has 0 amide bonds. The van der Waals surface area contributed by atoms with Crippen LogP contribution in [-0.4, -0.2) is 10.2 Å². The number of ether oxygens (including phenoxy) is 1. The predicted octanol–water partition coefficient (Wildman–Crippen LogP) is 3.48. The summed E-state index contributed by atoms with van der Waals surface area (Å²) in [5.74, 6) is 0.556. The second-order valence-electron chi connectivity index (χ2n) is 6.19. The Morgan fingerprint density at radius 2 is 2.00 bits per heavy atom. The van der Waals surface area contributed by atoms with Crippen molar-refractivity contribution in [2.24, 2.45) is 0 Å². The van der Waals surface area contributed by atoms with Crippen LogP contribution in [0.3, 0.4) is 0 Å².